The smallest absolute Gasteiger partial charge is 0.252 e. The molecule has 0 radical (unpaired) electrons. The average Bonchev–Trinajstić information content (AvgIpc) is 1.95. The monoisotopic (exact) mass is 144 g/mol. The van der Waals surface area contributed by atoms with Crippen molar-refractivity contribution in [1.82, 2.24) is 0 Å². The van der Waals surface area contributed by atoms with Gasteiger partial charge >= 0.3 is 0 Å². The molecule has 1 rings (SSSR count). The molecule has 0 saturated heterocycles. The molecule has 4 nitrogen and oxygen atoms in total. The summed E-state index contributed by atoms with van der Waals surface area (Å²) in [5.41, 5.74) is 0. The van der Waals surface area contributed by atoms with E-state index in [0.717, 1.165) is 0 Å². The van der Waals surface area contributed by atoms with Gasteiger partial charge in [0.15, 0.2) is 5.76 Å². The maximum absolute atomic E-state index is 10.8. The largest absolute Gasteiger partial charge is 0.504 e. The zero-order valence-corrected chi connectivity index (χ0v) is 5.53. The van der Waals surface area contributed by atoms with E-state index >= 15 is 0 Å². The standard InChI is InChI=1S/C6H8O4/c1-9-6-5(8)4(7)2-3-10-6/h2,6-7H,3H2,1H3. The topological polar surface area (TPSA) is 55.8 Å². The molecule has 0 amide bonds. The first kappa shape index (κ1) is 7.24. The Balaban J connectivity index is 2.68. The summed E-state index contributed by atoms with van der Waals surface area (Å²) in [6.07, 6.45) is 0.377. The van der Waals surface area contributed by atoms with Crippen LogP contribution in [0.15, 0.2) is 11.8 Å². The third-order valence-corrected chi connectivity index (χ3v) is 1.20. The van der Waals surface area contributed by atoms with Gasteiger partial charge in [0.25, 0.3) is 5.78 Å². The van der Waals surface area contributed by atoms with E-state index in [0.29, 0.717) is 0 Å². The molecule has 0 fully saturated rings. The summed E-state index contributed by atoms with van der Waals surface area (Å²) >= 11 is 0. The van der Waals surface area contributed by atoms with Gasteiger partial charge in [0.1, 0.15) is 0 Å². The normalized spacial score (nSPS) is 26.3. The van der Waals surface area contributed by atoms with Crippen LogP contribution in [0.4, 0.5) is 0 Å². The maximum atomic E-state index is 10.8. The maximum Gasteiger partial charge on any atom is 0.252 e. The summed E-state index contributed by atoms with van der Waals surface area (Å²) < 4.78 is 9.40. The quantitative estimate of drug-likeness (QED) is 0.562. The van der Waals surface area contributed by atoms with Crippen LogP contribution in [-0.4, -0.2) is 30.9 Å². The molecule has 1 heterocycles. The van der Waals surface area contributed by atoms with Gasteiger partial charge in [-0.15, -0.1) is 0 Å². The van der Waals surface area contributed by atoms with E-state index in [1.165, 1.54) is 13.2 Å². The highest BCUT2D eigenvalue weighted by molar-refractivity contribution is 5.96. The lowest BCUT2D eigenvalue weighted by molar-refractivity contribution is -0.162. The first-order valence-electron chi connectivity index (χ1n) is 2.83. The van der Waals surface area contributed by atoms with Gasteiger partial charge in [-0.25, -0.2) is 0 Å². The highest BCUT2D eigenvalue weighted by atomic mass is 16.7. The molecule has 0 spiro atoms. The van der Waals surface area contributed by atoms with Gasteiger partial charge in [-0.2, -0.15) is 0 Å². The number of hydrogen-bond donors (Lipinski definition) is 1. The molecule has 0 aromatic rings. The van der Waals surface area contributed by atoms with Crippen LogP contribution in [0.3, 0.4) is 0 Å². The zero-order valence-electron chi connectivity index (χ0n) is 5.53. The molecular formula is C6H8O4. The van der Waals surface area contributed by atoms with Crippen molar-refractivity contribution in [3.63, 3.8) is 0 Å². The summed E-state index contributed by atoms with van der Waals surface area (Å²) in [5.74, 6) is -0.799. The zero-order chi connectivity index (χ0) is 7.56. The Morgan fingerprint density at radius 2 is 2.60 bits per heavy atom. The Kier molecular flexibility index (Phi) is 2.03. The van der Waals surface area contributed by atoms with Crippen LogP contribution in [-0.2, 0) is 14.3 Å². The first-order valence-corrected chi connectivity index (χ1v) is 2.83. The van der Waals surface area contributed by atoms with Crippen molar-refractivity contribution < 1.29 is 19.4 Å². The van der Waals surface area contributed by atoms with E-state index in [2.05, 4.69) is 4.74 Å². The van der Waals surface area contributed by atoms with Gasteiger partial charge in [-0.1, -0.05) is 0 Å². The summed E-state index contributed by atoms with van der Waals surface area (Å²) in [7, 11) is 1.35. The molecule has 1 unspecified atom stereocenters. The number of methoxy groups -OCH3 is 1. The lowest BCUT2D eigenvalue weighted by Crippen LogP contribution is -2.31. The third-order valence-electron chi connectivity index (χ3n) is 1.20. The molecule has 0 saturated carbocycles. The fourth-order valence-electron chi connectivity index (χ4n) is 0.687. The number of rotatable bonds is 1. The number of hydrogen-bond acceptors (Lipinski definition) is 4. The molecule has 56 valence electrons. The first-order chi connectivity index (χ1) is 4.75. The molecule has 1 aliphatic heterocycles. The minimum absolute atomic E-state index is 0.218. The van der Waals surface area contributed by atoms with Gasteiger partial charge in [0.2, 0.25) is 6.29 Å². The fourth-order valence-corrected chi connectivity index (χ4v) is 0.687. The predicted octanol–water partition coefficient (Wildman–Crippen LogP) is 0.0001000. The van der Waals surface area contributed by atoms with E-state index in [-0.39, 0.29) is 12.4 Å². The molecule has 10 heavy (non-hydrogen) atoms. The van der Waals surface area contributed by atoms with Gasteiger partial charge < -0.3 is 14.6 Å². The molecule has 0 aliphatic carbocycles. The molecular weight excluding hydrogens is 136 g/mol. The molecule has 4 heteroatoms. The Labute approximate surface area is 58.1 Å². The SMILES string of the molecule is COC1OCC=C(O)C1=O. The number of ketones is 1. The molecule has 0 aromatic heterocycles. The minimum atomic E-state index is -0.926. The number of aliphatic hydroxyl groups is 1. The van der Waals surface area contributed by atoms with Gasteiger partial charge in [0.05, 0.1) is 6.61 Å². The average molecular weight is 144 g/mol. The van der Waals surface area contributed by atoms with Gasteiger partial charge in [0, 0.05) is 7.11 Å². The van der Waals surface area contributed by atoms with E-state index < -0.39 is 12.1 Å². The van der Waals surface area contributed by atoms with E-state index in [1.807, 2.05) is 0 Å². The second-order valence-corrected chi connectivity index (χ2v) is 1.85. The summed E-state index contributed by atoms with van der Waals surface area (Å²) in [6.45, 7) is 0.218. The fraction of sp³-hybridized carbons (Fsp3) is 0.500. The van der Waals surface area contributed by atoms with Crippen LogP contribution in [0, 0.1) is 0 Å². The summed E-state index contributed by atoms with van der Waals surface area (Å²) in [4.78, 5) is 10.8. The highest BCUT2D eigenvalue weighted by Gasteiger charge is 2.25. The van der Waals surface area contributed by atoms with E-state index in [9.17, 15) is 4.79 Å². The molecule has 1 atom stereocenters. The van der Waals surface area contributed by atoms with Crippen molar-refractivity contribution in [3.05, 3.63) is 11.8 Å². The molecule has 0 bridgehead atoms. The van der Waals surface area contributed by atoms with Crippen LogP contribution in [0.5, 0.6) is 0 Å². The molecule has 0 aromatic carbocycles. The van der Waals surface area contributed by atoms with E-state index in [1.54, 1.807) is 0 Å². The Hall–Kier alpha value is -0.870. The van der Waals surface area contributed by atoms with Crippen molar-refractivity contribution in [1.29, 1.82) is 0 Å². The molecule has 1 N–H and O–H groups in total. The van der Waals surface area contributed by atoms with E-state index in [4.69, 9.17) is 9.84 Å². The highest BCUT2D eigenvalue weighted by Crippen LogP contribution is 2.07. The summed E-state index contributed by atoms with van der Waals surface area (Å²) in [6, 6.07) is 0. The number of ether oxygens (including phenoxy) is 2. The van der Waals surface area contributed by atoms with Crippen molar-refractivity contribution in [3.8, 4) is 0 Å². The summed E-state index contributed by atoms with van der Waals surface area (Å²) in [5, 5.41) is 8.83. The van der Waals surface area contributed by atoms with Crippen LogP contribution in [0.2, 0.25) is 0 Å². The van der Waals surface area contributed by atoms with Gasteiger partial charge in [-0.3, -0.25) is 4.79 Å². The van der Waals surface area contributed by atoms with Crippen molar-refractivity contribution in [2.75, 3.05) is 13.7 Å². The second-order valence-electron chi connectivity index (χ2n) is 1.85. The van der Waals surface area contributed by atoms with Crippen LogP contribution < -0.4 is 0 Å². The number of carbonyl (C=O) groups excluding carboxylic acids is 1. The van der Waals surface area contributed by atoms with Crippen LogP contribution in [0.1, 0.15) is 0 Å². The number of carbonyl (C=O) groups is 1. The third kappa shape index (κ3) is 1.17. The molecule has 1 aliphatic rings. The lowest BCUT2D eigenvalue weighted by Gasteiger charge is -2.16. The second kappa shape index (κ2) is 2.81. The van der Waals surface area contributed by atoms with Crippen molar-refractivity contribution in [2.24, 2.45) is 0 Å². The van der Waals surface area contributed by atoms with Gasteiger partial charge in [-0.05, 0) is 6.08 Å². The number of Topliss-reactive ketones (excluding diaryl/α,β-unsaturated/α-hetero) is 1. The van der Waals surface area contributed by atoms with Crippen LogP contribution in [0.25, 0.3) is 0 Å². The lowest BCUT2D eigenvalue weighted by atomic mass is 10.2. The van der Waals surface area contributed by atoms with Crippen molar-refractivity contribution in [2.45, 2.75) is 6.29 Å². The Morgan fingerprint density at radius 1 is 1.90 bits per heavy atom. The Bertz CT molecular complexity index is 173. The predicted molar refractivity (Wildman–Crippen MR) is 32.5 cm³/mol. The van der Waals surface area contributed by atoms with Crippen LogP contribution >= 0.6 is 0 Å². The minimum Gasteiger partial charge on any atom is -0.504 e. The number of aliphatic hydroxyl groups excluding tert-OH is 1. The van der Waals surface area contributed by atoms with Crippen molar-refractivity contribution >= 4 is 5.78 Å². The Morgan fingerprint density at radius 3 is 3.10 bits per heavy atom.